The lowest BCUT2D eigenvalue weighted by molar-refractivity contribution is 0.325. The molecule has 0 bridgehead atoms. The summed E-state index contributed by atoms with van der Waals surface area (Å²) in [4.78, 5) is 0. The molecule has 0 saturated heterocycles. The number of benzene rings is 1. The molecule has 74 valence electrons. The second-order valence-electron chi connectivity index (χ2n) is 2.55. The Hall–Kier alpha value is -0.800. The molecular formula is C9H13ClFNO. The molecule has 0 unspecified atom stereocenters. The summed E-state index contributed by atoms with van der Waals surface area (Å²) in [6, 6.07) is 4.42. The molecule has 0 amide bonds. The van der Waals surface area contributed by atoms with Crippen molar-refractivity contribution in [2.75, 3.05) is 13.2 Å². The number of aryl methyl sites for hydroxylation is 1. The molecule has 4 heteroatoms. The number of hydrogen-bond donors (Lipinski definition) is 1. The van der Waals surface area contributed by atoms with Crippen molar-refractivity contribution in [2.24, 2.45) is 5.73 Å². The topological polar surface area (TPSA) is 35.2 Å². The first kappa shape index (κ1) is 12.2. The zero-order valence-electron chi connectivity index (χ0n) is 7.42. The van der Waals surface area contributed by atoms with E-state index < -0.39 is 0 Å². The molecule has 2 N–H and O–H groups in total. The van der Waals surface area contributed by atoms with Gasteiger partial charge >= 0.3 is 0 Å². The molecule has 0 spiro atoms. The first-order chi connectivity index (χ1) is 5.74. The lowest BCUT2D eigenvalue weighted by Gasteiger charge is -2.06. The van der Waals surface area contributed by atoms with Gasteiger partial charge in [0.15, 0.2) is 0 Å². The molecule has 0 saturated carbocycles. The third kappa shape index (κ3) is 3.61. The van der Waals surface area contributed by atoms with Crippen molar-refractivity contribution in [3.05, 3.63) is 29.6 Å². The van der Waals surface area contributed by atoms with Gasteiger partial charge in [0, 0.05) is 6.54 Å². The minimum absolute atomic E-state index is 0. The molecule has 0 aliphatic carbocycles. The van der Waals surface area contributed by atoms with E-state index in [1.54, 1.807) is 13.0 Å². The minimum atomic E-state index is -0.243. The summed E-state index contributed by atoms with van der Waals surface area (Å²) in [5.74, 6) is 0.453. The van der Waals surface area contributed by atoms with Gasteiger partial charge in [0.05, 0.1) is 0 Å². The highest BCUT2D eigenvalue weighted by Gasteiger charge is 1.99. The lowest BCUT2D eigenvalue weighted by atomic mass is 10.2. The zero-order valence-corrected chi connectivity index (χ0v) is 8.23. The van der Waals surface area contributed by atoms with Gasteiger partial charge < -0.3 is 10.5 Å². The maximum atomic E-state index is 12.6. The van der Waals surface area contributed by atoms with E-state index in [1.165, 1.54) is 12.1 Å². The average Bonchev–Trinajstić information content (AvgIpc) is 2.03. The normalized spacial score (nSPS) is 9.15. The third-order valence-electron chi connectivity index (χ3n) is 1.51. The van der Waals surface area contributed by atoms with Crippen molar-refractivity contribution < 1.29 is 9.13 Å². The molecule has 0 aromatic heterocycles. The fourth-order valence-corrected chi connectivity index (χ4v) is 0.944. The van der Waals surface area contributed by atoms with E-state index in [0.29, 0.717) is 18.9 Å². The van der Waals surface area contributed by atoms with Gasteiger partial charge in [0.1, 0.15) is 18.2 Å². The monoisotopic (exact) mass is 205 g/mol. The Morgan fingerprint density at radius 1 is 1.46 bits per heavy atom. The third-order valence-corrected chi connectivity index (χ3v) is 1.51. The van der Waals surface area contributed by atoms with Crippen LogP contribution in [0.2, 0.25) is 0 Å². The molecule has 1 aromatic carbocycles. The Bertz CT molecular complexity index is 268. The first-order valence-corrected chi connectivity index (χ1v) is 3.83. The van der Waals surface area contributed by atoms with Gasteiger partial charge in [-0.2, -0.15) is 0 Å². The van der Waals surface area contributed by atoms with Crippen LogP contribution in [0.1, 0.15) is 5.56 Å². The summed E-state index contributed by atoms with van der Waals surface area (Å²) in [5, 5.41) is 0. The summed E-state index contributed by atoms with van der Waals surface area (Å²) in [5.41, 5.74) is 6.05. The highest BCUT2D eigenvalue weighted by molar-refractivity contribution is 5.85. The lowest BCUT2D eigenvalue weighted by Crippen LogP contribution is -2.11. The Morgan fingerprint density at radius 2 is 2.15 bits per heavy atom. The summed E-state index contributed by atoms with van der Waals surface area (Å²) in [6.45, 7) is 2.73. The fourth-order valence-electron chi connectivity index (χ4n) is 0.944. The average molecular weight is 206 g/mol. The van der Waals surface area contributed by atoms with Crippen LogP contribution in [-0.2, 0) is 0 Å². The van der Waals surface area contributed by atoms with Crippen LogP contribution in [0, 0.1) is 12.7 Å². The van der Waals surface area contributed by atoms with Crippen molar-refractivity contribution in [2.45, 2.75) is 6.92 Å². The molecule has 0 radical (unpaired) electrons. The largest absolute Gasteiger partial charge is 0.492 e. The predicted octanol–water partition coefficient (Wildman–Crippen LogP) is 1.89. The molecule has 0 atom stereocenters. The molecule has 13 heavy (non-hydrogen) atoms. The van der Waals surface area contributed by atoms with Gasteiger partial charge in [-0.05, 0) is 30.7 Å². The Labute approximate surface area is 83.3 Å². The highest BCUT2D eigenvalue weighted by atomic mass is 35.5. The fraction of sp³-hybridized carbons (Fsp3) is 0.333. The van der Waals surface area contributed by atoms with Gasteiger partial charge in [0.25, 0.3) is 0 Å². The maximum absolute atomic E-state index is 12.6. The molecule has 1 aromatic rings. The van der Waals surface area contributed by atoms with Gasteiger partial charge in [0.2, 0.25) is 0 Å². The molecule has 0 aliphatic rings. The number of hydrogen-bond acceptors (Lipinski definition) is 2. The minimum Gasteiger partial charge on any atom is -0.492 e. The number of ether oxygens (including phenoxy) is 1. The van der Waals surface area contributed by atoms with E-state index in [1.807, 2.05) is 0 Å². The quantitative estimate of drug-likeness (QED) is 0.818. The second-order valence-corrected chi connectivity index (χ2v) is 2.55. The van der Waals surface area contributed by atoms with E-state index in [4.69, 9.17) is 10.5 Å². The number of nitrogens with two attached hydrogens (primary N) is 1. The zero-order chi connectivity index (χ0) is 8.97. The number of rotatable bonds is 3. The summed E-state index contributed by atoms with van der Waals surface area (Å²) in [7, 11) is 0. The predicted molar refractivity (Wildman–Crippen MR) is 52.9 cm³/mol. The van der Waals surface area contributed by atoms with Crippen LogP contribution < -0.4 is 10.5 Å². The van der Waals surface area contributed by atoms with Crippen LogP contribution in [-0.4, -0.2) is 13.2 Å². The van der Waals surface area contributed by atoms with Crippen molar-refractivity contribution >= 4 is 12.4 Å². The van der Waals surface area contributed by atoms with Crippen LogP contribution in [0.4, 0.5) is 4.39 Å². The van der Waals surface area contributed by atoms with Gasteiger partial charge in [-0.15, -0.1) is 12.4 Å². The van der Waals surface area contributed by atoms with E-state index in [0.717, 1.165) is 5.56 Å². The van der Waals surface area contributed by atoms with E-state index in [9.17, 15) is 4.39 Å². The molecule has 2 nitrogen and oxygen atoms in total. The SMILES string of the molecule is Cc1cc(F)ccc1OCCN.Cl. The summed E-state index contributed by atoms with van der Waals surface area (Å²) < 4.78 is 17.8. The van der Waals surface area contributed by atoms with Crippen LogP contribution in [0.25, 0.3) is 0 Å². The highest BCUT2D eigenvalue weighted by Crippen LogP contribution is 2.17. The molecular weight excluding hydrogens is 193 g/mol. The maximum Gasteiger partial charge on any atom is 0.123 e. The smallest absolute Gasteiger partial charge is 0.123 e. The van der Waals surface area contributed by atoms with Crippen LogP contribution in [0.5, 0.6) is 5.75 Å². The van der Waals surface area contributed by atoms with Crippen molar-refractivity contribution in [1.82, 2.24) is 0 Å². The Morgan fingerprint density at radius 3 is 2.69 bits per heavy atom. The molecule has 0 heterocycles. The van der Waals surface area contributed by atoms with Crippen molar-refractivity contribution in [1.29, 1.82) is 0 Å². The van der Waals surface area contributed by atoms with Gasteiger partial charge in [-0.1, -0.05) is 0 Å². The van der Waals surface area contributed by atoms with Crippen LogP contribution in [0.3, 0.4) is 0 Å². The van der Waals surface area contributed by atoms with Crippen LogP contribution >= 0.6 is 12.4 Å². The first-order valence-electron chi connectivity index (χ1n) is 3.83. The number of halogens is 2. The summed E-state index contributed by atoms with van der Waals surface area (Å²) in [6.07, 6.45) is 0. The van der Waals surface area contributed by atoms with E-state index >= 15 is 0 Å². The van der Waals surface area contributed by atoms with Gasteiger partial charge in [-0.25, -0.2) is 4.39 Å². The van der Waals surface area contributed by atoms with Crippen molar-refractivity contribution in [3.8, 4) is 5.75 Å². The van der Waals surface area contributed by atoms with Crippen molar-refractivity contribution in [3.63, 3.8) is 0 Å². The molecule has 1 rings (SSSR count). The second kappa shape index (κ2) is 5.78. The van der Waals surface area contributed by atoms with E-state index in [-0.39, 0.29) is 18.2 Å². The van der Waals surface area contributed by atoms with E-state index in [2.05, 4.69) is 0 Å². The standard InChI is InChI=1S/C9H12FNO.ClH/c1-7-6-8(10)2-3-9(7)12-5-4-11;/h2-3,6H,4-5,11H2,1H3;1H. The Kier molecular flexibility index (Phi) is 5.42. The molecule has 0 aliphatic heterocycles. The Balaban J connectivity index is 0.00000144. The summed E-state index contributed by atoms with van der Waals surface area (Å²) >= 11 is 0. The van der Waals surface area contributed by atoms with Crippen LogP contribution in [0.15, 0.2) is 18.2 Å². The van der Waals surface area contributed by atoms with Gasteiger partial charge in [-0.3, -0.25) is 0 Å². The molecule has 0 fully saturated rings.